The number of benzene rings is 1. The third-order valence-corrected chi connectivity index (χ3v) is 3.76. The highest BCUT2D eigenvalue weighted by atomic mass is 19.3. The number of morpholine rings is 1. The number of ether oxygens (including phenoxy) is 2. The predicted molar refractivity (Wildman–Crippen MR) is 91.9 cm³/mol. The molecule has 1 aliphatic heterocycles. The van der Waals surface area contributed by atoms with Crippen molar-refractivity contribution in [3.05, 3.63) is 18.2 Å². The van der Waals surface area contributed by atoms with Gasteiger partial charge < -0.3 is 25.4 Å². The van der Waals surface area contributed by atoms with E-state index in [1.165, 1.54) is 17.0 Å². The van der Waals surface area contributed by atoms with Gasteiger partial charge in [-0.1, -0.05) is 0 Å². The van der Waals surface area contributed by atoms with E-state index in [2.05, 4.69) is 10.1 Å². The van der Waals surface area contributed by atoms with Crippen molar-refractivity contribution in [2.75, 3.05) is 36.5 Å². The van der Waals surface area contributed by atoms with Crippen LogP contribution in [-0.2, 0) is 19.1 Å². The summed E-state index contributed by atoms with van der Waals surface area (Å²) < 4.78 is 59.6. The maximum Gasteiger partial charge on any atom is 0.387 e. The van der Waals surface area contributed by atoms with Crippen LogP contribution in [0.4, 0.5) is 28.9 Å². The minimum atomic E-state index is -3.26. The molecule has 0 spiro atoms. The minimum absolute atomic E-state index is 0.181. The molecule has 1 aliphatic rings. The fourth-order valence-corrected chi connectivity index (χ4v) is 2.50. The summed E-state index contributed by atoms with van der Waals surface area (Å²) in [6, 6.07) is 1.78. The third kappa shape index (κ3) is 6.29. The summed E-state index contributed by atoms with van der Waals surface area (Å²) in [5.74, 6) is -3.29. The van der Waals surface area contributed by atoms with Crippen molar-refractivity contribution in [3.63, 3.8) is 0 Å². The fraction of sp³-hybridized carbons (Fsp3) is 0.438. The van der Waals surface area contributed by atoms with Crippen LogP contribution in [0.3, 0.4) is 0 Å². The van der Waals surface area contributed by atoms with Crippen molar-refractivity contribution in [3.8, 4) is 5.75 Å². The first-order valence-electron chi connectivity index (χ1n) is 8.27. The number of primary amides is 1. The number of halogens is 4. The summed E-state index contributed by atoms with van der Waals surface area (Å²) in [6.07, 6.45) is -2.85. The van der Waals surface area contributed by atoms with Gasteiger partial charge in [-0.15, -0.1) is 0 Å². The Kier molecular flexibility index (Phi) is 7.73. The summed E-state index contributed by atoms with van der Waals surface area (Å²) in [4.78, 5) is 36.7. The molecule has 9 nitrogen and oxygen atoms in total. The molecule has 0 unspecified atom stereocenters. The van der Waals surface area contributed by atoms with Gasteiger partial charge in [-0.05, 0) is 12.1 Å². The van der Waals surface area contributed by atoms with Gasteiger partial charge in [-0.2, -0.15) is 8.78 Å². The molecule has 0 saturated carbocycles. The lowest BCUT2D eigenvalue weighted by atomic mass is 10.2. The summed E-state index contributed by atoms with van der Waals surface area (Å²) in [7, 11) is 0. The van der Waals surface area contributed by atoms with E-state index in [9.17, 15) is 31.9 Å². The maximum absolute atomic E-state index is 12.8. The fourth-order valence-electron chi connectivity index (χ4n) is 2.50. The van der Waals surface area contributed by atoms with E-state index >= 15 is 0 Å². The first-order valence-corrected chi connectivity index (χ1v) is 8.27. The molecule has 0 radical (unpaired) electrons. The molecule has 0 aliphatic carbocycles. The van der Waals surface area contributed by atoms with Gasteiger partial charge in [0.05, 0.1) is 18.8 Å². The number of anilines is 2. The van der Waals surface area contributed by atoms with Crippen LogP contribution in [0.2, 0.25) is 0 Å². The molecule has 1 heterocycles. The lowest BCUT2D eigenvalue weighted by molar-refractivity contribution is -0.128. The van der Waals surface area contributed by atoms with Crippen LogP contribution in [0.25, 0.3) is 0 Å². The van der Waals surface area contributed by atoms with Crippen LogP contribution in [-0.4, -0.2) is 63.1 Å². The summed E-state index contributed by atoms with van der Waals surface area (Å²) in [5, 5.41) is 4.10. The van der Waals surface area contributed by atoms with Gasteiger partial charge in [-0.25, -0.2) is 8.78 Å². The molecule has 1 fully saturated rings. The van der Waals surface area contributed by atoms with Gasteiger partial charge in [0.1, 0.15) is 6.61 Å². The zero-order valence-electron chi connectivity index (χ0n) is 14.9. The molecule has 160 valence electrons. The third-order valence-electron chi connectivity index (χ3n) is 3.76. The second-order valence-corrected chi connectivity index (χ2v) is 5.78. The lowest BCUT2D eigenvalue weighted by Crippen LogP contribution is -2.51. The van der Waals surface area contributed by atoms with E-state index < -0.39 is 49.1 Å². The summed E-state index contributed by atoms with van der Waals surface area (Å²) in [5.41, 5.74) is 4.96. The molecule has 0 aromatic heterocycles. The van der Waals surface area contributed by atoms with Crippen molar-refractivity contribution in [1.29, 1.82) is 0 Å². The molecule has 29 heavy (non-hydrogen) atoms. The first kappa shape index (κ1) is 22.4. The number of carbonyl (C=O) groups excluding carboxylic acids is 3. The van der Waals surface area contributed by atoms with E-state index in [1.807, 2.05) is 5.32 Å². The average Bonchev–Trinajstić information content (AvgIpc) is 2.62. The number of alkyl halides is 4. The summed E-state index contributed by atoms with van der Waals surface area (Å²) >= 11 is 0. The maximum atomic E-state index is 12.8. The van der Waals surface area contributed by atoms with Crippen molar-refractivity contribution in [1.82, 2.24) is 5.32 Å². The highest BCUT2D eigenvalue weighted by Gasteiger charge is 2.27. The first-order chi connectivity index (χ1) is 13.7. The largest absolute Gasteiger partial charge is 0.433 e. The zero-order chi connectivity index (χ0) is 21.6. The van der Waals surface area contributed by atoms with Crippen molar-refractivity contribution >= 4 is 29.1 Å². The van der Waals surface area contributed by atoms with Crippen molar-refractivity contribution in [2.24, 2.45) is 5.73 Å². The van der Waals surface area contributed by atoms with Gasteiger partial charge in [0.2, 0.25) is 5.91 Å². The zero-order valence-corrected chi connectivity index (χ0v) is 14.9. The molecule has 0 bridgehead atoms. The molecule has 13 heteroatoms. The van der Waals surface area contributed by atoms with Crippen molar-refractivity contribution < 1.29 is 41.4 Å². The SMILES string of the molecule is NC(=O)[C@@H](NCC(F)F)C(=O)Nc1ccc(N2CCOCC2=O)cc1OC(F)F. The standard InChI is InChI=1S/C16H18F4N4O5/c17-11(18)6-22-13(14(21)26)15(27)23-9-2-1-8(5-10(9)29-16(19)20)24-3-4-28-7-12(24)25/h1-2,5,11,13,16,22H,3-4,6-7H2,(H2,21,26)(H,23,27)/t13-/m1/s1. The van der Waals surface area contributed by atoms with Gasteiger partial charge in [0.15, 0.2) is 11.8 Å². The molecular formula is C16H18F4N4O5. The topological polar surface area (TPSA) is 123 Å². The number of nitrogens with zero attached hydrogens (tertiary/aromatic N) is 1. The normalized spacial score (nSPS) is 15.5. The quantitative estimate of drug-likeness (QED) is 0.389. The molecular weight excluding hydrogens is 404 g/mol. The Morgan fingerprint density at radius 2 is 2.00 bits per heavy atom. The van der Waals surface area contributed by atoms with E-state index in [1.54, 1.807) is 0 Å². The van der Waals surface area contributed by atoms with Crippen LogP contribution in [0.1, 0.15) is 0 Å². The molecule has 4 N–H and O–H groups in total. The van der Waals surface area contributed by atoms with Crippen LogP contribution in [0.15, 0.2) is 18.2 Å². The van der Waals surface area contributed by atoms with Crippen LogP contribution in [0, 0.1) is 0 Å². The molecule has 1 aromatic carbocycles. The molecule has 1 atom stereocenters. The Hall–Kier alpha value is -2.93. The number of nitrogens with one attached hydrogen (secondary N) is 2. The van der Waals surface area contributed by atoms with Crippen LogP contribution in [0.5, 0.6) is 5.75 Å². The second-order valence-electron chi connectivity index (χ2n) is 5.78. The smallest absolute Gasteiger partial charge is 0.387 e. The van der Waals surface area contributed by atoms with Crippen LogP contribution >= 0.6 is 0 Å². The van der Waals surface area contributed by atoms with Gasteiger partial charge in [-0.3, -0.25) is 19.7 Å². The second kappa shape index (κ2) is 10.0. The van der Waals surface area contributed by atoms with E-state index in [-0.39, 0.29) is 31.1 Å². The van der Waals surface area contributed by atoms with Gasteiger partial charge >= 0.3 is 6.61 Å². The number of rotatable bonds is 9. The molecule has 2 rings (SSSR count). The number of amides is 3. The Morgan fingerprint density at radius 1 is 1.28 bits per heavy atom. The number of hydrogen-bond donors (Lipinski definition) is 3. The summed E-state index contributed by atoms with van der Waals surface area (Å²) in [6.45, 7) is -4.00. The average molecular weight is 422 g/mol. The van der Waals surface area contributed by atoms with Crippen LogP contribution < -0.4 is 26.0 Å². The monoisotopic (exact) mass is 422 g/mol. The van der Waals surface area contributed by atoms with Gasteiger partial charge in [0, 0.05) is 18.3 Å². The number of nitrogens with two attached hydrogens (primary N) is 1. The Balaban J connectivity index is 2.24. The van der Waals surface area contributed by atoms with E-state index in [0.29, 0.717) is 0 Å². The molecule has 3 amide bonds. The predicted octanol–water partition coefficient (Wildman–Crippen LogP) is 0.298. The Bertz CT molecular complexity index is 765. The number of carbonyl (C=O) groups is 3. The highest BCUT2D eigenvalue weighted by molar-refractivity contribution is 6.10. The molecule has 1 saturated heterocycles. The Morgan fingerprint density at radius 3 is 2.59 bits per heavy atom. The highest BCUT2D eigenvalue weighted by Crippen LogP contribution is 2.32. The van der Waals surface area contributed by atoms with Gasteiger partial charge in [0.25, 0.3) is 18.2 Å². The van der Waals surface area contributed by atoms with Crippen molar-refractivity contribution in [2.45, 2.75) is 19.1 Å². The lowest BCUT2D eigenvalue weighted by Gasteiger charge is -2.27. The number of hydrogen-bond acceptors (Lipinski definition) is 6. The van der Waals surface area contributed by atoms with E-state index in [0.717, 1.165) is 6.07 Å². The van der Waals surface area contributed by atoms with E-state index in [4.69, 9.17) is 10.5 Å². The Labute approximate surface area is 162 Å². The minimum Gasteiger partial charge on any atom is -0.433 e. The molecule has 1 aromatic rings.